The number of nitrogens with two attached hydrogens (primary N) is 2. The van der Waals surface area contributed by atoms with Crippen molar-refractivity contribution in [1.82, 2.24) is 14.9 Å². The molecule has 0 unspecified atom stereocenters. The predicted molar refractivity (Wildman–Crippen MR) is 199 cm³/mol. The summed E-state index contributed by atoms with van der Waals surface area (Å²) in [6.45, 7) is 0.944. The molecule has 1 aliphatic carbocycles. The van der Waals surface area contributed by atoms with Crippen molar-refractivity contribution in [3.63, 3.8) is 0 Å². The third kappa shape index (κ3) is 9.34. The van der Waals surface area contributed by atoms with E-state index in [0.717, 1.165) is 39.3 Å². The molecule has 10 nitrogen and oxygen atoms in total. The van der Waals surface area contributed by atoms with Crippen LogP contribution >= 0.6 is 34.3 Å². The summed E-state index contributed by atoms with van der Waals surface area (Å²) in [5.41, 5.74) is 13.5. The van der Waals surface area contributed by atoms with Gasteiger partial charge in [0.15, 0.2) is 22.5 Å². The number of rotatable bonds is 15. The van der Waals surface area contributed by atoms with E-state index in [1.165, 1.54) is 30.6 Å². The number of hydrogen-bond acceptors (Lipinski definition) is 9. The van der Waals surface area contributed by atoms with E-state index in [4.69, 9.17) is 32.8 Å². The zero-order chi connectivity index (χ0) is 35.0. The third-order valence-electron chi connectivity index (χ3n) is 9.54. The van der Waals surface area contributed by atoms with Gasteiger partial charge in [-0.3, -0.25) is 19.4 Å². The number of thiazole rings is 2. The number of halogens is 1. The summed E-state index contributed by atoms with van der Waals surface area (Å²) < 4.78 is 7.17. The van der Waals surface area contributed by atoms with E-state index < -0.39 is 12.0 Å². The first-order valence-corrected chi connectivity index (χ1v) is 19.4. The Morgan fingerprint density at radius 3 is 2.58 bits per heavy atom. The van der Waals surface area contributed by atoms with E-state index in [9.17, 15) is 14.4 Å². The molecule has 3 atom stereocenters. The van der Waals surface area contributed by atoms with Crippen LogP contribution in [0.4, 0.5) is 0 Å². The van der Waals surface area contributed by atoms with Gasteiger partial charge in [-0.2, -0.15) is 0 Å². The molecule has 4 N–H and O–H groups in total. The number of nitrogens with zero attached hydrogens (tertiary/aromatic N) is 4. The molecule has 2 fully saturated rings. The second-order valence-corrected chi connectivity index (χ2v) is 15.6. The average Bonchev–Trinajstić information content (AvgIpc) is 3.88. The van der Waals surface area contributed by atoms with Crippen molar-refractivity contribution in [2.24, 2.45) is 22.4 Å². The highest BCUT2D eigenvalue weighted by Crippen LogP contribution is 2.35. The van der Waals surface area contributed by atoms with Crippen molar-refractivity contribution >= 4 is 67.9 Å². The fourth-order valence-electron chi connectivity index (χ4n) is 6.89. The van der Waals surface area contributed by atoms with Crippen LogP contribution < -0.4 is 11.5 Å². The van der Waals surface area contributed by atoms with Gasteiger partial charge in [-0.05, 0) is 55.5 Å². The monoisotopic (exact) mass is 734 g/mol. The highest BCUT2D eigenvalue weighted by Gasteiger charge is 2.41. The smallest absolute Gasteiger partial charge is 0.229 e. The molecule has 1 aliphatic heterocycles. The van der Waals surface area contributed by atoms with E-state index in [1.807, 2.05) is 53.9 Å². The number of para-hydroxylation sites is 1. The number of ether oxygens (including phenoxy) is 1. The molecular weight excluding hydrogens is 692 g/mol. The van der Waals surface area contributed by atoms with Gasteiger partial charge in [0.1, 0.15) is 0 Å². The molecule has 0 radical (unpaired) electrons. The molecule has 0 bridgehead atoms. The quantitative estimate of drug-likeness (QED) is 0.0593. The number of hydrogen-bond donors (Lipinski definition) is 2. The van der Waals surface area contributed by atoms with Crippen LogP contribution in [0, 0.1) is 5.92 Å². The van der Waals surface area contributed by atoms with Crippen LogP contribution in [0.2, 0.25) is 5.02 Å². The molecule has 1 amide bonds. The van der Waals surface area contributed by atoms with Crippen LogP contribution in [0.25, 0.3) is 10.2 Å². The number of carbonyl (C=O) groups excluding carboxylic acids is 3. The second kappa shape index (κ2) is 17.0. The van der Waals surface area contributed by atoms with Crippen LogP contribution in [-0.4, -0.2) is 63.5 Å². The van der Waals surface area contributed by atoms with Gasteiger partial charge in [-0.25, -0.2) is 9.97 Å². The van der Waals surface area contributed by atoms with Crippen molar-refractivity contribution < 1.29 is 19.1 Å². The average molecular weight is 735 g/mol. The number of Topliss-reactive ketones (excluding diaryl/α,β-unsaturated/α-hetero) is 2. The Morgan fingerprint density at radius 2 is 1.82 bits per heavy atom. The lowest BCUT2D eigenvalue weighted by Gasteiger charge is -2.25. The molecule has 50 heavy (non-hydrogen) atoms. The lowest BCUT2D eigenvalue weighted by molar-refractivity contribution is -0.137. The van der Waals surface area contributed by atoms with Gasteiger partial charge in [-0.15, -0.1) is 22.7 Å². The SMILES string of the molecule is NC(N)=NCCC[C@H](CC(=O)[C@@H]1C[C@@H](OCc2ccc(Cl)cc2)CN1C(=O)Cc1csc(C2CCCCC2)n1)C(=O)c1nc2ccccc2s1. The van der Waals surface area contributed by atoms with Crippen molar-refractivity contribution in [3.05, 3.63) is 80.2 Å². The number of benzene rings is 2. The van der Waals surface area contributed by atoms with Crippen molar-refractivity contribution in [3.8, 4) is 0 Å². The summed E-state index contributed by atoms with van der Waals surface area (Å²) in [6.07, 6.45) is 6.96. The number of guanidine groups is 1. The Balaban J connectivity index is 1.19. The number of amides is 1. The number of aliphatic imine (C=N–C) groups is 1. The molecule has 2 aromatic carbocycles. The maximum atomic E-state index is 14.2. The highest BCUT2D eigenvalue weighted by atomic mass is 35.5. The summed E-state index contributed by atoms with van der Waals surface area (Å²) in [5.74, 6) is -0.720. The Labute approximate surface area is 305 Å². The lowest BCUT2D eigenvalue weighted by Crippen LogP contribution is -2.42. The summed E-state index contributed by atoms with van der Waals surface area (Å²) in [7, 11) is 0. The molecule has 1 saturated carbocycles. The molecule has 13 heteroatoms. The largest absolute Gasteiger partial charge is 0.372 e. The van der Waals surface area contributed by atoms with Crippen molar-refractivity contribution in [1.29, 1.82) is 0 Å². The van der Waals surface area contributed by atoms with Crippen molar-refractivity contribution in [2.75, 3.05) is 13.1 Å². The minimum absolute atomic E-state index is 0.0224. The minimum Gasteiger partial charge on any atom is -0.372 e. The van der Waals surface area contributed by atoms with Gasteiger partial charge in [0.2, 0.25) is 5.91 Å². The predicted octanol–water partition coefficient (Wildman–Crippen LogP) is 6.69. The Hall–Kier alpha value is -3.71. The maximum absolute atomic E-state index is 14.2. The Kier molecular flexibility index (Phi) is 12.3. The van der Waals surface area contributed by atoms with E-state index in [-0.39, 0.29) is 48.9 Å². The van der Waals surface area contributed by atoms with E-state index in [1.54, 1.807) is 16.2 Å². The first-order valence-electron chi connectivity index (χ1n) is 17.3. The van der Waals surface area contributed by atoms with Crippen LogP contribution in [0.1, 0.15) is 89.8 Å². The zero-order valence-electron chi connectivity index (χ0n) is 28.0. The third-order valence-corrected chi connectivity index (χ3v) is 11.9. The summed E-state index contributed by atoms with van der Waals surface area (Å²) >= 11 is 9.01. The van der Waals surface area contributed by atoms with Gasteiger partial charge in [-0.1, -0.05) is 55.1 Å². The number of likely N-dealkylation sites (tertiary alicyclic amines) is 1. The molecule has 2 aromatic heterocycles. The molecule has 2 aliphatic rings. The first kappa shape index (κ1) is 36.1. The highest BCUT2D eigenvalue weighted by molar-refractivity contribution is 7.20. The maximum Gasteiger partial charge on any atom is 0.229 e. The molecule has 264 valence electrons. The van der Waals surface area contributed by atoms with E-state index in [0.29, 0.717) is 48.4 Å². The van der Waals surface area contributed by atoms with Gasteiger partial charge in [0.05, 0.1) is 46.1 Å². The number of carbonyl (C=O) groups is 3. The van der Waals surface area contributed by atoms with Gasteiger partial charge < -0.3 is 21.1 Å². The fraction of sp³-hybridized carbons (Fsp3) is 0.459. The number of aromatic nitrogens is 2. The van der Waals surface area contributed by atoms with E-state index in [2.05, 4.69) is 9.98 Å². The summed E-state index contributed by atoms with van der Waals surface area (Å²) in [6, 6.07) is 14.3. The van der Waals surface area contributed by atoms with Crippen LogP contribution in [-0.2, 0) is 27.4 Å². The Morgan fingerprint density at radius 1 is 1.04 bits per heavy atom. The lowest BCUT2D eigenvalue weighted by atomic mass is 9.90. The van der Waals surface area contributed by atoms with Crippen LogP contribution in [0.15, 0.2) is 58.9 Å². The summed E-state index contributed by atoms with van der Waals surface area (Å²) in [5, 5.41) is 4.08. The van der Waals surface area contributed by atoms with Crippen LogP contribution in [0.3, 0.4) is 0 Å². The van der Waals surface area contributed by atoms with Gasteiger partial charge in [0.25, 0.3) is 0 Å². The molecule has 1 saturated heterocycles. The van der Waals surface area contributed by atoms with Gasteiger partial charge in [0, 0.05) is 48.2 Å². The van der Waals surface area contributed by atoms with E-state index >= 15 is 0 Å². The fourth-order valence-corrected chi connectivity index (χ4v) is 9.00. The summed E-state index contributed by atoms with van der Waals surface area (Å²) in [4.78, 5) is 57.2. The van der Waals surface area contributed by atoms with Gasteiger partial charge >= 0.3 is 0 Å². The normalized spacial score (nSPS) is 18.7. The van der Waals surface area contributed by atoms with Crippen molar-refractivity contribution in [2.45, 2.75) is 88.9 Å². The topological polar surface area (TPSA) is 154 Å². The molecule has 0 spiro atoms. The number of ketones is 2. The molecular formula is C37H43ClN6O4S2. The molecule has 3 heterocycles. The Bertz CT molecular complexity index is 1780. The minimum atomic E-state index is -0.724. The molecule has 6 rings (SSSR count). The van der Waals surface area contributed by atoms with Crippen LogP contribution in [0.5, 0.6) is 0 Å². The standard InChI is InChI=1S/C37H43ClN6O4S2/c38-26-14-12-23(13-15-26)21-48-28-19-30(44(20-28)33(46)18-27-22-49-35(42-27)24-7-2-1-3-8-24)31(45)17-25(9-6-16-41-37(39)40)34(47)36-43-29-10-4-5-11-32(29)50-36/h4-5,10-15,22,24-25,28,30H,1-3,6-9,16-21H2,(H4,39,40,41)/t25-,28-,30+/m1/s1. The second-order valence-electron chi connectivity index (χ2n) is 13.2. The first-order chi connectivity index (χ1) is 24.2. The molecule has 4 aromatic rings. The number of fused-ring (bicyclic) bond motifs is 1. The zero-order valence-corrected chi connectivity index (χ0v) is 30.4.